The Kier molecular flexibility index (Phi) is 3.30. The van der Waals surface area contributed by atoms with Crippen LogP contribution in [0.5, 0.6) is 0 Å². The standard InChI is InChI=1S/C10H16N4S/c1-3-8-7-15-10(13-8)11-6-9-4-5-12-14(9)2/h4-5,8H,3,6-7H2,1-2H3,(H,11,13). The summed E-state index contributed by atoms with van der Waals surface area (Å²) in [7, 11) is 1.94. The molecule has 1 aliphatic heterocycles. The van der Waals surface area contributed by atoms with E-state index in [9.17, 15) is 0 Å². The average molecular weight is 224 g/mol. The van der Waals surface area contributed by atoms with E-state index >= 15 is 0 Å². The van der Waals surface area contributed by atoms with Gasteiger partial charge in [-0.2, -0.15) is 5.10 Å². The second kappa shape index (κ2) is 4.70. The van der Waals surface area contributed by atoms with Crippen LogP contribution in [0.1, 0.15) is 19.0 Å². The van der Waals surface area contributed by atoms with E-state index in [1.54, 1.807) is 6.20 Å². The van der Waals surface area contributed by atoms with Crippen LogP contribution in [0.15, 0.2) is 17.3 Å². The van der Waals surface area contributed by atoms with E-state index in [0.717, 1.165) is 23.0 Å². The summed E-state index contributed by atoms with van der Waals surface area (Å²) in [6.45, 7) is 2.91. The largest absolute Gasteiger partial charge is 0.361 e. The maximum Gasteiger partial charge on any atom is 0.157 e. The molecule has 1 aromatic rings. The fraction of sp³-hybridized carbons (Fsp3) is 0.600. The highest BCUT2D eigenvalue weighted by molar-refractivity contribution is 8.14. The summed E-state index contributed by atoms with van der Waals surface area (Å²) < 4.78 is 1.86. The molecule has 1 unspecified atom stereocenters. The summed E-state index contributed by atoms with van der Waals surface area (Å²) >= 11 is 1.81. The molecule has 1 aliphatic rings. The van der Waals surface area contributed by atoms with Gasteiger partial charge in [-0.05, 0) is 12.5 Å². The van der Waals surface area contributed by atoms with Gasteiger partial charge >= 0.3 is 0 Å². The van der Waals surface area contributed by atoms with Crippen molar-refractivity contribution in [1.82, 2.24) is 15.1 Å². The third-order valence-electron chi connectivity index (χ3n) is 2.55. The number of hydrogen-bond donors (Lipinski definition) is 1. The summed E-state index contributed by atoms with van der Waals surface area (Å²) in [5, 5.41) is 8.59. The van der Waals surface area contributed by atoms with E-state index in [2.05, 4.69) is 22.3 Å². The van der Waals surface area contributed by atoms with Crippen LogP contribution in [0.3, 0.4) is 0 Å². The lowest BCUT2D eigenvalue weighted by atomic mass is 10.3. The maximum absolute atomic E-state index is 4.53. The lowest BCUT2D eigenvalue weighted by Crippen LogP contribution is -2.25. The molecule has 5 heteroatoms. The number of aliphatic imine (C=N–C) groups is 1. The Hall–Kier alpha value is -0.970. The van der Waals surface area contributed by atoms with Crippen LogP contribution in [0.2, 0.25) is 0 Å². The van der Waals surface area contributed by atoms with Gasteiger partial charge in [0.25, 0.3) is 0 Å². The van der Waals surface area contributed by atoms with Crippen LogP contribution in [0.25, 0.3) is 0 Å². The molecule has 82 valence electrons. The van der Waals surface area contributed by atoms with E-state index in [1.807, 2.05) is 29.6 Å². The molecule has 0 spiro atoms. The van der Waals surface area contributed by atoms with Crippen LogP contribution in [-0.4, -0.2) is 26.7 Å². The zero-order chi connectivity index (χ0) is 10.7. The molecule has 0 amide bonds. The van der Waals surface area contributed by atoms with Crippen molar-refractivity contribution in [3.05, 3.63) is 18.0 Å². The number of aromatic nitrogens is 2. The van der Waals surface area contributed by atoms with Crippen LogP contribution in [0.4, 0.5) is 0 Å². The third-order valence-corrected chi connectivity index (χ3v) is 3.64. The summed E-state index contributed by atoms with van der Waals surface area (Å²) in [4.78, 5) is 4.53. The third kappa shape index (κ3) is 2.53. The molecule has 15 heavy (non-hydrogen) atoms. The lowest BCUT2D eigenvalue weighted by molar-refractivity contribution is 0.664. The van der Waals surface area contributed by atoms with Gasteiger partial charge in [-0.15, -0.1) is 0 Å². The summed E-state index contributed by atoms with van der Waals surface area (Å²) in [6.07, 6.45) is 2.97. The van der Waals surface area contributed by atoms with Gasteiger partial charge in [-0.3, -0.25) is 9.67 Å². The summed E-state index contributed by atoms with van der Waals surface area (Å²) in [5.74, 6) is 1.14. The minimum atomic E-state index is 0.597. The van der Waals surface area contributed by atoms with Gasteiger partial charge in [-0.1, -0.05) is 18.7 Å². The molecule has 0 aliphatic carbocycles. The van der Waals surface area contributed by atoms with E-state index in [4.69, 9.17) is 0 Å². The molecular weight excluding hydrogens is 208 g/mol. The van der Waals surface area contributed by atoms with E-state index in [1.165, 1.54) is 0 Å². The fourth-order valence-electron chi connectivity index (χ4n) is 1.46. The van der Waals surface area contributed by atoms with Gasteiger partial charge in [0.2, 0.25) is 0 Å². The van der Waals surface area contributed by atoms with Crippen molar-refractivity contribution in [2.24, 2.45) is 12.0 Å². The highest BCUT2D eigenvalue weighted by Crippen LogP contribution is 2.16. The molecule has 1 saturated heterocycles. The summed E-state index contributed by atoms with van der Waals surface area (Å²) in [5.41, 5.74) is 1.14. The normalized spacial score (nSPS) is 23.3. The SMILES string of the molecule is CCC1CSC(=NCc2ccnn2C)N1. The van der Waals surface area contributed by atoms with Gasteiger partial charge in [0.1, 0.15) is 0 Å². The van der Waals surface area contributed by atoms with E-state index in [-0.39, 0.29) is 0 Å². The second-order valence-corrected chi connectivity index (χ2v) is 4.64. The van der Waals surface area contributed by atoms with E-state index in [0.29, 0.717) is 12.6 Å². The zero-order valence-electron chi connectivity index (χ0n) is 9.10. The Morgan fingerprint density at radius 2 is 2.60 bits per heavy atom. The molecule has 4 nitrogen and oxygen atoms in total. The van der Waals surface area contributed by atoms with Crippen LogP contribution >= 0.6 is 11.8 Å². The Morgan fingerprint density at radius 3 is 3.20 bits per heavy atom. The minimum absolute atomic E-state index is 0.597. The first-order valence-corrected chi connectivity index (χ1v) is 6.19. The molecule has 1 atom stereocenters. The van der Waals surface area contributed by atoms with Crippen molar-refractivity contribution >= 4 is 16.9 Å². The fourth-order valence-corrected chi connectivity index (χ4v) is 2.54. The molecule has 0 bridgehead atoms. The number of rotatable bonds is 3. The molecule has 2 rings (SSSR count). The number of hydrogen-bond acceptors (Lipinski definition) is 3. The minimum Gasteiger partial charge on any atom is -0.361 e. The van der Waals surface area contributed by atoms with Crippen molar-refractivity contribution in [2.45, 2.75) is 25.9 Å². The first-order chi connectivity index (χ1) is 7.29. The molecule has 2 heterocycles. The van der Waals surface area contributed by atoms with Crippen molar-refractivity contribution in [2.75, 3.05) is 5.75 Å². The Balaban J connectivity index is 1.93. The lowest BCUT2D eigenvalue weighted by Gasteiger charge is -2.04. The van der Waals surface area contributed by atoms with Crippen molar-refractivity contribution in [3.8, 4) is 0 Å². The average Bonchev–Trinajstić information content (AvgIpc) is 2.84. The predicted molar refractivity (Wildman–Crippen MR) is 64.0 cm³/mol. The van der Waals surface area contributed by atoms with E-state index < -0.39 is 0 Å². The zero-order valence-corrected chi connectivity index (χ0v) is 9.92. The Morgan fingerprint density at radius 1 is 1.73 bits per heavy atom. The van der Waals surface area contributed by atoms with Gasteiger partial charge in [0, 0.05) is 25.0 Å². The number of aryl methyl sites for hydroxylation is 1. The number of amidine groups is 1. The quantitative estimate of drug-likeness (QED) is 0.843. The molecular formula is C10H16N4S. The van der Waals surface area contributed by atoms with Crippen LogP contribution < -0.4 is 5.32 Å². The smallest absolute Gasteiger partial charge is 0.157 e. The number of thioether (sulfide) groups is 1. The molecule has 1 N–H and O–H groups in total. The molecule has 1 aromatic heterocycles. The topological polar surface area (TPSA) is 42.2 Å². The predicted octanol–water partition coefficient (Wildman–Crippen LogP) is 1.39. The second-order valence-electron chi connectivity index (χ2n) is 3.63. The summed E-state index contributed by atoms with van der Waals surface area (Å²) in [6, 6.07) is 2.60. The van der Waals surface area contributed by atoms with Gasteiger partial charge in [0.05, 0.1) is 12.2 Å². The van der Waals surface area contributed by atoms with Gasteiger partial charge in [0.15, 0.2) is 5.17 Å². The maximum atomic E-state index is 4.53. The van der Waals surface area contributed by atoms with Gasteiger partial charge < -0.3 is 5.32 Å². The highest BCUT2D eigenvalue weighted by Gasteiger charge is 2.17. The molecule has 0 radical (unpaired) electrons. The Labute approximate surface area is 94.2 Å². The van der Waals surface area contributed by atoms with Crippen LogP contribution in [-0.2, 0) is 13.6 Å². The number of nitrogens with one attached hydrogen (secondary N) is 1. The van der Waals surface area contributed by atoms with Crippen molar-refractivity contribution < 1.29 is 0 Å². The van der Waals surface area contributed by atoms with Crippen molar-refractivity contribution in [1.29, 1.82) is 0 Å². The molecule has 0 saturated carbocycles. The first-order valence-electron chi connectivity index (χ1n) is 5.20. The highest BCUT2D eigenvalue weighted by atomic mass is 32.2. The van der Waals surface area contributed by atoms with Gasteiger partial charge in [-0.25, -0.2) is 0 Å². The number of nitrogens with zero attached hydrogens (tertiary/aromatic N) is 3. The molecule has 0 aromatic carbocycles. The Bertz CT molecular complexity index is 358. The van der Waals surface area contributed by atoms with Crippen molar-refractivity contribution in [3.63, 3.8) is 0 Å². The monoisotopic (exact) mass is 224 g/mol. The molecule has 1 fully saturated rings. The van der Waals surface area contributed by atoms with Crippen LogP contribution in [0, 0.1) is 0 Å². The first kappa shape index (κ1) is 10.5.